The summed E-state index contributed by atoms with van der Waals surface area (Å²) in [6.45, 7) is 9.09. The lowest BCUT2D eigenvalue weighted by Crippen LogP contribution is -2.49. The van der Waals surface area contributed by atoms with E-state index >= 15 is 0 Å². The fraction of sp³-hybridized carbons (Fsp3) is 0.417. The number of hydrogen-bond acceptors (Lipinski definition) is 2. The smallest absolute Gasteiger partial charge is 0.242 e. The average molecular weight is 381 g/mol. The van der Waals surface area contributed by atoms with Gasteiger partial charge < -0.3 is 10.2 Å². The van der Waals surface area contributed by atoms with Gasteiger partial charge in [0.15, 0.2) is 0 Å². The zero-order chi connectivity index (χ0) is 20.5. The van der Waals surface area contributed by atoms with E-state index in [0.29, 0.717) is 25.9 Å². The van der Waals surface area contributed by atoms with Gasteiger partial charge in [-0.2, -0.15) is 0 Å². The second kappa shape index (κ2) is 10.6. The summed E-state index contributed by atoms with van der Waals surface area (Å²) < 4.78 is 0. The molecule has 2 rings (SSSR count). The van der Waals surface area contributed by atoms with Crippen LogP contribution in [0.1, 0.15) is 48.9 Å². The average Bonchev–Trinajstić information content (AvgIpc) is 2.66. The van der Waals surface area contributed by atoms with Crippen molar-refractivity contribution in [3.63, 3.8) is 0 Å². The van der Waals surface area contributed by atoms with Gasteiger partial charge in [-0.05, 0) is 37.8 Å². The molecule has 0 saturated carbocycles. The molecule has 2 aromatic rings. The van der Waals surface area contributed by atoms with Crippen molar-refractivity contribution in [1.82, 2.24) is 10.2 Å². The lowest BCUT2D eigenvalue weighted by atomic mass is 10.0. The highest BCUT2D eigenvalue weighted by atomic mass is 16.2. The summed E-state index contributed by atoms with van der Waals surface area (Å²) >= 11 is 0. The van der Waals surface area contributed by atoms with Gasteiger partial charge in [0.1, 0.15) is 6.04 Å². The van der Waals surface area contributed by atoms with Crippen molar-refractivity contribution in [3.05, 3.63) is 70.8 Å². The lowest BCUT2D eigenvalue weighted by molar-refractivity contribution is -0.140. The van der Waals surface area contributed by atoms with E-state index in [9.17, 15) is 9.59 Å². The molecule has 0 heterocycles. The van der Waals surface area contributed by atoms with Crippen LogP contribution in [-0.2, 0) is 22.6 Å². The standard InChI is InChI=1S/C24H32N2O2/c1-5-13-25-24(28)22(6-2)26(17-21-12-8-10-19(4)15-21)23(27)16-20-11-7-9-18(3)14-20/h7-12,14-15,22H,5-6,13,16-17H2,1-4H3,(H,25,28)/t22-/m0/s1. The number of carbonyl (C=O) groups excluding carboxylic acids is 2. The molecule has 0 aliphatic carbocycles. The SMILES string of the molecule is CCCNC(=O)[C@H](CC)N(Cc1cccc(C)c1)C(=O)Cc1cccc(C)c1. The van der Waals surface area contributed by atoms with Crippen LogP contribution in [0.25, 0.3) is 0 Å². The molecular formula is C24H32N2O2. The van der Waals surface area contributed by atoms with E-state index in [4.69, 9.17) is 0 Å². The third-order valence-corrected chi connectivity index (χ3v) is 4.81. The fourth-order valence-corrected chi connectivity index (χ4v) is 3.39. The third-order valence-electron chi connectivity index (χ3n) is 4.81. The number of nitrogens with zero attached hydrogens (tertiary/aromatic N) is 1. The van der Waals surface area contributed by atoms with E-state index in [1.165, 1.54) is 0 Å². The normalized spacial score (nSPS) is 11.7. The first-order valence-corrected chi connectivity index (χ1v) is 10.1. The zero-order valence-corrected chi connectivity index (χ0v) is 17.5. The molecule has 0 saturated heterocycles. The highest BCUT2D eigenvalue weighted by Crippen LogP contribution is 2.16. The van der Waals surface area contributed by atoms with Gasteiger partial charge in [-0.15, -0.1) is 0 Å². The Morgan fingerprint density at radius 1 is 0.964 bits per heavy atom. The van der Waals surface area contributed by atoms with Crippen molar-refractivity contribution in [3.8, 4) is 0 Å². The second-order valence-electron chi connectivity index (χ2n) is 7.39. The first-order valence-electron chi connectivity index (χ1n) is 10.1. The van der Waals surface area contributed by atoms with Crippen molar-refractivity contribution in [2.75, 3.05) is 6.54 Å². The number of amides is 2. The minimum absolute atomic E-state index is 0.0226. The van der Waals surface area contributed by atoms with Crippen LogP contribution in [0.2, 0.25) is 0 Å². The van der Waals surface area contributed by atoms with E-state index in [0.717, 1.165) is 28.7 Å². The lowest BCUT2D eigenvalue weighted by Gasteiger charge is -2.31. The Bertz CT molecular complexity index is 801. The molecular weight excluding hydrogens is 348 g/mol. The third kappa shape index (κ3) is 6.22. The Kier molecular flexibility index (Phi) is 8.24. The summed E-state index contributed by atoms with van der Waals surface area (Å²) in [4.78, 5) is 27.7. The number of rotatable bonds is 9. The topological polar surface area (TPSA) is 49.4 Å². The van der Waals surface area contributed by atoms with E-state index in [1.807, 2.05) is 70.2 Å². The first-order chi connectivity index (χ1) is 13.4. The molecule has 2 aromatic carbocycles. The van der Waals surface area contributed by atoms with E-state index < -0.39 is 6.04 Å². The molecule has 0 radical (unpaired) electrons. The van der Waals surface area contributed by atoms with Gasteiger partial charge in [0, 0.05) is 13.1 Å². The Morgan fingerprint density at radius 3 is 2.14 bits per heavy atom. The van der Waals surface area contributed by atoms with Gasteiger partial charge in [0.05, 0.1) is 6.42 Å². The zero-order valence-electron chi connectivity index (χ0n) is 17.5. The van der Waals surface area contributed by atoms with Crippen molar-refractivity contribution in [2.24, 2.45) is 0 Å². The van der Waals surface area contributed by atoms with Gasteiger partial charge in [-0.3, -0.25) is 9.59 Å². The van der Waals surface area contributed by atoms with E-state index in [1.54, 1.807) is 4.90 Å². The predicted octanol–water partition coefficient (Wildman–Crippen LogP) is 4.18. The molecule has 28 heavy (non-hydrogen) atoms. The Balaban J connectivity index is 2.27. The number of nitrogens with one attached hydrogen (secondary N) is 1. The Hall–Kier alpha value is -2.62. The minimum atomic E-state index is -0.468. The highest BCUT2D eigenvalue weighted by Gasteiger charge is 2.28. The first kappa shape index (κ1) is 21.7. The van der Waals surface area contributed by atoms with E-state index in [-0.39, 0.29) is 11.8 Å². The van der Waals surface area contributed by atoms with Gasteiger partial charge in [0.2, 0.25) is 11.8 Å². The second-order valence-corrected chi connectivity index (χ2v) is 7.39. The van der Waals surface area contributed by atoms with Crippen molar-refractivity contribution < 1.29 is 9.59 Å². The predicted molar refractivity (Wildman–Crippen MR) is 114 cm³/mol. The number of carbonyl (C=O) groups is 2. The number of benzene rings is 2. The van der Waals surface area contributed by atoms with Gasteiger partial charge >= 0.3 is 0 Å². The molecule has 4 nitrogen and oxygen atoms in total. The molecule has 1 N–H and O–H groups in total. The molecule has 2 amide bonds. The summed E-state index contributed by atoms with van der Waals surface area (Å²) in [6.07, 6.45) is 1.75. The summed E-state index contributed by atoms with van der Waals surface area (Å²) in [5.74, 6) is -0.0970. The van der Waals surface area contributed by atoms with Crippen LogP contribution in [0.5, 0.6) is 0 Å². The van der Waals surface area contributed by atoms with Crippen LogP contribution in [0, 0.1) is 13.8 Å². The molecule has 0 fully saturated rings. The van der Waals surface area contributed by atoms with Gasteiger partial charge in [-0.25, -0.2) is 0 Å². The van der Waals surface area contributed by atoms with Crippen LogP contribution in [0.3, 0.4) is 0 Å². The van der Waals surface area contributed by atoms with Crippen LogP contribution < -0.4 is 5.32 Å². The molecule has 1 atom stereocenters. The van der Waals surface area contributed by atoms with Crippen LogP contribution in [0.4, 0.5) is 0 Å². The minimum Gasteiger partial charge on any atom is -0.354 e. The fourth-order valence-electron chi connectivity index (χ4n) is 3.39. The largest absolute Gasteiger partial charge is 0.354 e. The van der Waals surface area contributed by atoms with Gasteiger partial charge in [-0.1, -0.05) is 73.5 Å². The summed E-state index contributed by atoms with van der Waals surface area (Å²) in [5, 5.41) is 2.96. The summed E-state index contributed by atoms with van der Waals surface area (Å²) in [7, 11) is 0. The van der Waals surface area contributed by atoms with Crippen molar-refractivity contribution in [1.29, 1.82) is 0 Å². The molecule has 0 aliphatic rings. The molecule has 0 aliphatic heterocycles. The van der Waals surface area contributed by atoms with Crippen molar-refractivity contribution in [2.45, 2.75) is 59.5 Å². The van der Waals surface area contributed by atoms with E-state index in [2.05, 4.69) is 11.4 Å². The number of aryl methyl sites for hydroxylation is 2. The van der Waals surface area contributed by atoms with Crippen molar-refractivity contribution >= 4 is 11.8 Å². The molecule has 0 spiro atoms. The maximum Gasteiger partial charge on any atom is 0.242 e. The molecule has 4 heteroatoms. The quantitative estimate of drug-likeness (QED) is 0.709. The maximum atomic E-state index is 13.2. The molecule has 0 unspecified atom stereocenters. The molecule has 0 aromatic heterocycles. The van der Waals surface area contributed by atoms with Crippen LogP contribution in [0.15, 0.2) is 48.5 Å². The maximum absolute atomic E-state index is 13.2. The van der Waals surface area contributed by atoms with Gasteiger partial charge in [0.25, 0.3) is 0 Å². The number of hydrogen-bond donors (Lipinski definition) is 1. The Labute approximate surface area is 169 Å². The Morgan fingerprint density at radius 2 is 1.57 bits per heavy atom. The molecule has 0 bridgehead atoms. The summed E-state index contributed by atoms with van der Waals surface area (Å²) in [5.41, 5.74) is 4.29. The summed E-state index contributed by atoms with van der Waals surface area (Å²) in [6, 6.07) is 15.6. The van der Waals surface area contributed by atoms with Crippen LogP contribution in [-0.4, -0.2) is 29.3 Å². The monoisotopic (exact) mass is 380 g/mol. The highest BCUT2D eigenvalue weighted by molar-refractivity contribution is 5.88. The van der Waals surface area contributed by atoms with Crippen LogP contribution >= 0.6 is 0 Å². The molecule has 150 valence electrons.